The lowest BCUT2D eigenvalue weighted by Crippen LogP contribution is -2.02. The molecule has 2 aromatic heterocycles. The fraction of sp³-hybridized carbons (Fsp3) is 0.0588. The maximum atomic E-state index is 13.4. The van der Waals surface area contributed by atoms with Crippen LogP contribution in [0.4, 0.5) is 10.2 Å². The molecule has 0 unspecified atom stereocenters. The van der Waals surface area contributed by atoms with E-state index in [0.29, 0.717) is 28.6 Å². The molecule has 0 amide bonds. The van der Waals surface area contributed by atoms with Crippen molar-refractivity contribution in [3.05, 3.63) is 47.2 Å². The summed E-state index contributed by atoms with van der Waals surface area (Å²) in [6, 6.07) is 9.36. The summed E-state index contributed by atoms with van der Waals surface area (Å²) >= 11 is 5.81. The molecule has 1 aliphatic rings. The van der Waals surface area contributed by atoms with E-state index < -0.39 is 5.82 Å². The number of hydrogen-bond acceptors (Lipinski definition) is 8. The van der Waals surface area contributed by atoms with E-state index in [1.54, 1.807) is 18.2 Å². The molecule has 0 atom stereocenters. The smallest absolute Gasteiger partial charge is 0.282 e. The summed E-state index contributed by atoms with van der Waals surface area (Å²) < 4.78 is 30.6. The van der Waals surface area contributed by atoms with Crippen LogP contribution >= 0.6 is 11.6 Å². The zero-order valence-corrected chi connectivity index (χ0v) is 14.7. The maximum absolute atomic E-state index is 13.4. The van der Waals surface area contributed by atoms with Gasteiger partial charge >= 0.3 is 0 Å². The molecular formula is C17H10ClFN6O3. The second-order valence-electron chi connectivity index (χ2n) is 5.82. The van der Waals surface area contributed by atoms with Gasteiger partial charge in [-0.15, -0.1) is 5.10 Å². The molecule has 0 spiro atoms. The van der Waals surface area contributed by atoms with Crippen molar-refractivity contribution < 1.29 is 18.4 Å². The molecule has 0 aliphatic carbocycles. The third-order valence-electron chi connectivity index (χ3n) is 4.11. The quantitative estimate of drug-likeness (QED) is 0.558. The predicted molar refractivity (Wildman–Crippen MR) is 95.6 cm³/mol. The van der Waals surface area contributed by atoms with E-state index >= 15 is 0 Å². The van der Waals surface area contributed by atoms with Crippen LogP contribution in [-0.4, -0.2) is 31.9 Å². The van der Waals surface area contributed by atoms with Gasteiger partial charge in [0.15, 0.2) is 23.0 Å². The Bertz CT molecular complexity index is 1210. The highest BCUT2D eigenvalue weighted by Crippen LogP contribution is 2.35. The van der Waals surface area contributed by atoms with Gasteiger partial charge in [0.2, 0.25) is 12.6 Å². The molecule has 0 fully saturated rings. The predicted octanol–water partition coefficient (Wildman–Crippen LogP) is 3.09. The monoisotopic (exact) mass is 400 g/mol. The van der Waals surface area contributed by atoms with Crippen LogP contribution in [0.15, 0.2) is 40.9 Å². The summed E-state index contributed by atoms with van der Waals surface area (Å²) in [5.74, 6) is 1.26. The molecule has 140 valence electrons. The molecule has 4 aromatic rings. The summed E-state index contributed by atoms with van der Waals surface area (Å²) in [4.78, 5) is 4.32. The van der Waals surface area contributed by atoms with Gasteiger partial charge in [0, 0.05) is 5.56 Å². The van der Waals surface area contributed by atoms with E-state index in [4.69, 9.17) is 31.3 Å². The van der Waals surface area contributed by atoms with Gasteiger partial charge in [-0.05, 0) is 36.4 Å². The Kier molecular flexibility index (Phi) is 3.66. The fourth-order valence-electron chi connectivity index (χ4n) is 2.72. The van der Waals surface area contributed by atoms with Crippen LogP contribution in [0, 0.1) is 5.82 Å². The van der Waals surface area contributed by atoms with E-state index in [0.717, 1.165) is 0 Å². The molecule has 2 N–H and O–H groups in total. The Balaban J connectivity index is 1.49. The van der Waals surface area contributed by atoms with Gasteiger partial charge in [-0.1, -0.05) is 22.0 Å². The van der Waals surface area contributed by atoms with Crippen molar-refractivity contribution in [2.75, 3.05) is 12.5 Å². The van der Waals surface area contributed by atoms with Gasteiger partial charge in [0.05, 0.1) is 10.7 Å². The number of halogens is 2. The molecule has 0 radical (unpaired) electrons. The van der Waals surface area contributed by atoms with Crippen LogP contribution in [0.25, 0.3) is 28.7 Å². The molecule has 5 rings (SSSR count). The molecule has 0 bridgehead atoms. The second kappa shape index (κ2) is 6.20. The van der Waals surface area contributed by atoms with Crippen LogP contribution in [0.3, 0.4) is 0 Å². The van der Waals surface area contributed by atoms with Crippen LogP contribution in [0.5, 0.6) is 11.5 Å². The highest BCUT2D eigenvalue weighted by molar-refractivity contribution is 6.30. The van der Waals surface area contributed by atoms with Crippen molar-refractivity contribution >= 4 is 17.4 Å². The van der Waals surface area contributed by atoms with E-state index in [-0.39, 0.29) is 29.2 Å². The number of nitrogens with two attached hydrogens (primary N) is 1. The van der Waals surface area contributed by atoms with Crippen molar-refractivity contribution in [2.24, 2.45) is 0 Å². The summed E-state index contributed by atoms with van der Waals surface area (Å²) in [6.45, 7) is 0.170. The first-order valence-corrected chi connectivity index (χ1v) is 8.38. The number of benzene rings is 2. The first kappa shape index (κ1) is 16.5. The number of nitrogen functional groups attached to an aromatic ring is 1. The summed E-state index contributed by atoms with van der Waals surface area (Å²) in [5.41, 5.74) is 7.43. The number of nitrogens with zero attached hydrogens (tertiary/aromatic N) is 5. The Morgan fingerprint density at radius 2 is 1.96 bits per heavy atom. The summed E-state index contributed by atoms with van der Waals surface area (Å²) in [7, 11) is 0. The number of rotatable bonds is 3. The topological polar surface area (TPSA) is 114 Å². The van der Waals surface area contributed by atoms with Gasteiger partial charge < -0.3 is 19.7 Å². The highest BCUT2D eigenvalue weighted by atomic mass is 35.5. The first-order valence-electron chi connectivity index (χ1n) is 8.01. The Morgan fingerprint density at radius 3 is 2.82 bits per heavy atom. The van der Waals surface area contributed by atoms with Gasteiger partial charge in [-0.3, -0.25) is 0 Å². The Morgan fingerprint density at radius 1 is 1.11 bits per heavy atom. The molecule has 0 saturated heterocycles. The lowest BCUT2D eigenvalue weighted by Gasteiger charge is -2.03. The normalized spacial score (nSPS) is 12.5. The van der Waals surface area contributed by atoms with Crippen molar-refractivity contribution in [2.45, 2.75) is 0 Å². The Hall–Kier alpha value is -3.66. The average Bonchev–Trinajstić information content (AvgIpc) is 3.42. The van der Waals surface area contributed by atoms with Crippen LogP contribution in [0.1, 0.15) is 0 Å². The third-order valence-corrected chi connectivity index (χ3v) is 4.40. The third kappa shape index (κ3) is 2.62. The minimum Gasteiger partial charge on any atom is -0.454 e. The second-order valence-corrected chi connectivity index (χ2v) is 6.23. The van der Waals surface area contributed by atoms with E-state index in [1.807, 2.05) is 0 Å². The van der Waals surface area contributed by atoms with E-state index in [9.17, 15) is 4.39 Å². The Labute approximate surface area is 161 Å². The summed E-state index contributed by atoms with van der Waals surface area (Å²) in [5, 5.41) is 11.8. The molecule has 3 heterocycles. The van der Waals surface area contributed by atoms with Gasteiger partial charge in [-0.2, -0.15) is 9.67 Å². The SMILES string of the molecule is Nc1c(-c2nc(-c3ccc4c(c3)OCO4)no2)nnn1-c1ccc(F)c(Cl)c1. The van der Waals surface area contributed by atoms with Crippen molar-refractivity contribution in [1.82, 2.24) is 25.1 Å². The highest BCUT2D eigenvalue weighted by Gasteiger charge is 2.21. The largest absolute Gasteiger partial charge is 0.454 e. The molecule has 2 aromatic carbocycles. The molecule has 1 aliphatic heterocycles. The lowest BCUT2D eigenvalue weighted by molar-refractivity contribution is 0.174. The molecule has 0 saturated carbocycles. The van der Waals surface area contributed by atoms with E-state index in [1.165, 1.54) is 22.9 Å². The maximum Gasteiger partial charge on any atom is 0.282 e. The van der Waals surface area contributed by atoms with Gasteiger partial charge in [-0.25, -0.2) is 4.39 Å². The molecule has 28 heavy (non-hydrogen) atoms. The average molecular weight is 401 g/mol. The van der Waals surface area contributed by atoms with Crippen LogP contribution < -0.4 is 15.2 Å². The molecule has 9 nitrogen and oxygen atoms in total. The van der Waals surface area contributed by atoms with Crippen molar-refractivity contribution in [3.8, 4) is 40.2 Å². The fourth-order valence-corrected chi connectivity index (χ4v) is 2.90. The minimum absolute atomic E-state index is 0.0585. The number of ether oxygens (including phenoxy) is 2. The van der Waals surface area contributed by atoms with Gasteiger partial charge in [0.1, 0.15) is 5.82 Å². The minimum atomic E-state index is -0.547. The summed E-state index contributed by atoms with van der Waals surface area (Å²) in [6.07, 6.45) is 0. The van der Waals surface area contributed by atoms with E-state index in [2.05, 4.69) is 20.5 Å². The van der Waals surface area contributed by atoms with Crippen LogP contribution in [0.2, 0.25) is 5.02 Å². The first-order chi connectivity index (χ1) is 13.6. The van der Waals surface area contributed by atoms with Crippen molar-refractivity contribution in [3.63, 3.8) is 0 Å². The number of aromatic nitrogens is 5. The zero-order chi connectivity index (χ0) is 19.3. The number of fused-ring (bicyclic) bond motifs is 1. The molecule has 11 heteroatoms. The zero-order valence-electron chi connectivity index (χ0n) is 14.0. The lowest BCUT2D eigenvalue weighted by atomic mass is 10.2. The molecular weight excluding hydrogens is 391 g/mol. The number of hydrogen-bond donors (Lipinski definition) is 1. The standard InChI is InChI=1S/C17H10ClFN6O3/c18-10-6-9(2-3-11(10)19)25-15(20)14(22-24-25)17-21-16(23-28-17)8-1-4-12-13(5-8)27-7-26-12/h1-6H,7,20H2. The van der Waals surface area contributed by atoms with Crippen molar-refractivity contribution in [1.29, 1.82) is 0 Å². The van der Waals surface area contributed by atoms with Gasteiger partial charge in [0.25, 0.3) is 5.89 Å². The van der Waals surface area contributed by atoms with Crippen LogP contribution in [-0.2, 0) is 0 Å². The number of anilines is 1.